The van der Waals surface area contributed by atoms with E-state index in [1.165, 1.54) is 6.92 Å². The summed E-state index contributed by atoms with van der Waals surface area (Å²) in [7, 11) is 0. The molecule has 1 rings (SSSR count). The number of aliphatic hydroxyl groups excluding tert-OH is 4. The fourth-order valence-corrected chi connectivity index (χ4v) is 1.49. The summed E-state index contributed by atoms with van der Waals surface area (Å²) in [6.07, 6.45) is -5.24. The van der Waals surface area contributed by atoms with Crippen molar-refractivity contribution < 1.29 is 30.0 Å². The Kier molecular flexibility index (Phi) is 6.75. The number of nitrogens with one attached hydrogen (secondary N) is 1. The Hall–Kier alpha value is 0.0687. The minimum absolute atomic E-state index is 0. The average Bonchev–Trinajstić information content (AvgIpc) is 2.18. The first-order chi connectivity index (χ1) is 6.97. The Morgan fingerprint density at radius 1 is 1.31 bits per heavy atom. The largest absolute Gasteiger partial charge is 0.394 e. The van der Waals surface area contributed by atoms with E-state index in [1.54, 1.807) is 0 Å². The van der Waals surface area contributed by atoms with Crippen molar-refractivity contribution in [3.05, 3.63) is 0 Å². The van der Waals surface area contributed by atoms with E-state index in [0.29, 0.717) is 0 Å². The van der Waals surface area contributed by atoms with Crippen LogP contribution in [0.4, 0.5) is 0 Å². The van der Waals surface area contributed by atoms with Crippen LogP contribution in [0.2, 0.25) is 0 Å². The first-order valence-corrected chi connectivity index (χ1v) is 4.55. The summed E-state index contributed by atoms with van der Waals surface area (Å²) in [4.78, 5) is 10.7. The summed E-state index contributed by atoms with van der Waals surface area (Å²) in [5.74, 6) is -0.462. The summed E-state index contributed by atoms with van der Waals surface area (Å²) < 4.78 is 4.81. The molecule has 1 fully saturated rings. The van der Waals surface area contributed by atoms with Crippen LogP contribution in [0.15, 0.2) is 0 Å². The third-order valence-electron chi connectivity index (χ3n) is 2.27. The normalized spacial score (nSPS) is 38.7. The van der Waals surface area contributed by atoms with Gasteiger partial charge in [0.2, 0.25) is 5.91 Å². The van der Waals surface area contributed by atoms with Gasteiger partial charge in [0.1, 0.15) is 24.4 Å². The molecule has 16 heavy (non-hydrogen) atoms. The molecule has 7 nitrogen and oxygen atoms in total. The number of carbonyl (C=O) groups is 1. The Balaban J connectivity index is 0.00000225. The van der Waals surface area contributed by atoms with Crippen LogP contribution < -0.4 is 5.32 Å². The molecule has 92 valence electrons. The van der Waals surface area contributed by atoms with Crippen molar-refractivity contribution in [2.45, 2.75) is 37.6 Å². The van der Waals surface area contributed by atoms with Crippen LogP contribution >= 0.6 is 0 Å². The van der Waals surface area contributed by atoms with Gasteiger partial charge in [-0.25, -0.2) is 0 Å². The second-order valence-corrected chi connectivity index (χ2v) is 3.46. The summed E-state index contributed by atoms with van der Waals surface area (Å²) >= 11 is 0. The van der Waals surface area contributed by atoms with Gasteiger partial charge < -0.3 is 30.5 Å². The molecule has 1 amide bonds. The molecule has 1 unspecified atom stereocenters. The summed E-state index contributed by atoms with van der Waals surface area (Å²) in [6.45, 7) is 0.687. The third kappa shape index (κ3) is 3.54. The molecule has 5 N–H and O–H groups in total. The van der Waals surface area contributed by atoms with Crippen molar-refractivity contribution in [2.75, 3.05) is 6.61 Å². The number of ether oxygens (including phenoxy) is 1. The van der Waals surface area contributed by atoms with E-state index in [2.05, 4.69) is 5.32 Å². The summed E-state index contributed by atoms with van der Waals surface area (Å²) in [6, 6.07) is -1.10. The number of hydrogen-bond acceptors (Lipinski definition) is 6. The first kappa shape index (κ1) is 16.1. The van der Waals surface area contributed by atoms with E-state index in [0.717, 1.165) is 0 Å². The molecule has 8 heteroatoms. The predicted octanol–water partition coefficient (Wildman–Crippen LogP) is -3.46. The second-order valence-electron chi connectivity index (χ2n) is 3.46. The van der Waals surface area contributed by atoms with E-state index in [1.807, 2.05) is 0 Å². The molecular formula is C8H15NO6Sn. The second kappa shape index (κ2) is 6.72. The average molecular weight is 340 g/mol. The Labute approximate surface area is 109 Å². The van der Waals surface area contributed by atoms with Gasteiger partial charge in [-0.15, -0.1) is 0 Å². The van der Waals surface area contributed by atoms with Gasteiger partial charge in [0.05, 0.1) is 6.61 Å². The molecule has 0 spiro atoms. The van der Waals surface area contributed by atoms with Crippen LogP contribution in [0.3, 0.4) is 0 Å². The zero-order valence-electron chi connectivity index (χ0n) is 8.70. The molecule has 5 atom stereocenters. The fourth-order valence-electron chi connectivity index (χ4n) is 1.49. The monoisotopic (exact) mass is 341 g/mol. The molecular weight excluding hydrogens is 325 g/mol. The molecule has 0 bridgehead atoms. The molecule has 0 saturated carbocycles. The zero-order valence-corrected chi connectivity index (χ0v) is 11.6. The molecule has 0 aromatic heterocycles. The molecule has 0 aliphatic carbocycles. The standard InChI is InChI=1S/C8H15NO6.Sn/c1-3(11)9-5-7(13)6(12)4(2-10)15-8(5)14;/h4-8,10,12-14H,2H2,1H3,(H,9,11);/t4-,5-,6-,7-,8?;/m1./s1. The van der Waals surface area contributed by atoms with Crippen LogP contribution in [-0.2, 0) is 9.53 Å². The predicted molar refractivity (Wildman–Crippen MR) is 53.3 cm³/mol. The zero-order chi connectivity index (χ0) is 11.6. The Morgan fingerprint density at radius 3 is 2.31 bits per heavy atom. The molecule has 1 heterocycles. The maximum atomic E-state index is 10.7. The molecule has 0 aromatic rings. The van der Waals surface area contributed by atoms with Crippen LogP contribution in [0.1, 0.15) is 6.92 Å². The van der Waals surface area contributed by atoms with E-state index in [-0.39, 0.29) is 23.9 Å². The van der Waals surface area contributed by atoms with E-state index in [4.69, 9.17) is 9.84 Å². The number of rotatable bonds is 2. The summed E-state index contributed by atoms with van der Waals surface area (Å²) in [5, 5.41) is 39.4. The molecule has 1 aliphatic rings. The SMILES string of the molecule is CC(=O)N[C@H]1C(O)O[C@H](CO)[C@@H](O)[C@@H]1O.[Sn]. The van der Waals surface area contributed by atoms with Gasteiger partial charge in [0.15, 0.2) is 6.29 Å². The van der Waals surface area contributed by atoms with Crippen LogP contribution in [0.25, 0.3) is 0 Å². The minimum atomic E-state index is -1.45. The molecule has 1 aliphatic heterocycles. The smallest absolute Gasteiger partial charge is 0.217 e. The number of carbonyl (C=O) groups excluding carboxylic acids is 1. The van der Waals surface area contributed by atoms with Gasteiger partial charge in [0, 0.05) is 30.8 Å². The quantitative estimate of drug-likeness (QED) is 0.334. The van der Waals surface area contributed by atoms with Crippen LogP contribution in [0.5, 0.6) is 0 Å². The van der Waals surface area contributed by atoms with Crippen molar-refractivity contribution in [3.8, 4) is 0 Å². The maximum absolute atomic E-state index is 10.7. The van der Waals surface area contributed by atoms with Gasteiger partial charge in [-0.05, 0) is 0 Å². The van der Waals surface area contributed by atoms with E-state index < -0.39 is 43.2 Å². The molecule has 0 aromatic carbocycles. The van der Waals surface area contributed by atoms with Crippen molar-refractivity contribution in [1.29, 1.82) is 0 Å². The topological polar surface area (TPSA) is 119 Å². The van der Waals surface area contributed by atoms with Crippen molar-refractivity contribution in [1.82, 2.24) is 5.32 Å². The van der Waals surface area contributed by atoms with Gasteiger partial charge in [-0.1, -0.05) is 0 Å². The van der Waals surface area contributed by atoms with Crippen LogP contribution in [-0.4, -0.2) is 87.5 Å². The summed E-state index contributed by atoms with van der Waals surface area (Å²) in [5.41, 5.74) is 0. The third-order valence-corrected chi connectivity index (χ3v) is 2.27. The first-order valence-electron chi connectivity index (χ1n) is 4.55. The fraction of sp³-hybridized carbons (Fsp3) is 0.875. The van der Waals surface area contributed by atoms with Gasteiger partial charge in [0.25, 0.3) is 0 Å². The van der Waals surface area contributed by atoms with Crippen molar-refractivity contribution in [3.63, 3.8) is 0 Å². The number of amides is 1. The Morgan fingerprint density at radius 2 is 1.88 bits per heavy atom. The van der Waals surface area contributed by atoms with Gasteiger partial charge in [-0.3, -0.25) is 4.79 Å². The van der Waals surface area contributed by atoms with Crippen molar-refractivity contribution >= 4 is 29.8 Å². The number of hydrogen-bond donors (Lipinski definition) is 5. The molecule has 1 saturated heterocycles. The molecule has 4 radical (unpaired) electrons. The van der Waals surface area contributed by atoms with E-state index >= 15 is 0 Å². The van der Waals surface area contributed by atoms with Gasteiger partial charge in [-0.2, -0.15) is 0 Å². The van der Waals surface area contributed by atoms with Crippen molar-refractivity contribution in [2.24, 2.45) is 0 Å². The Bertz CT molecular complexity index is 241. The number of aliphatic hydroxyl groups is 4. The minimum Gasteiger partial charge on any atom is -0.394 e. The van der Waals surface area contributed by atoms with Gasteiger partial charge >= 0.3 is 0 Å². The van der Waals surface area contributed by atoms with Crippen LogP contribution in [0, 0.1) is 0 Å². The van der Waals surface area contributed by atoms with E-state index in [9.17, 15) is 20.1 Å². The maximum Gasteiger partial charge on any atom is 0.217 e.